The zero-order chi connectivity index (χ0) is 30.1. The molecule has 1 N–H and O–H groups in total. The Balaban J connectivity index is 1.20. The number of carbonyl (C=O) groups is 1. The Morgan fingerprint density at radius 3 is 2.37 bits per heavy atom. The molecule has 43 heavy (non-hydrogen) atoms. The Bertz CT molecular complexity index is 1550. The van der Waals surface area contributed by atoms with Crippen molar-refractivity contribution in [2.75, 3.05) is 24.8 Å². The number of ether oxygens (including phenoxy) is 1. The third-order valence-electron chi connectivity index (χ3n) is 9.55. The summed E-state index contributed by atoms with van der Waals surface area (Å²) in [5, 5.41) is 11.3. The molecule has 0 saturated heterocycles. The van der Waals surface area contributed by atoms with Gasteiger partial charge in [0.1, 0.15) is 10.6 Å². The lowest BCUT2D eigenvalue weighted by molar-refractivity contribution is -0.124. The summed E-state index contributed by atoms with van der Waals surface area (Å²) in [6, 6.07) is 13.9. The zero-order valence-electron chi connectivity index (χ0n) is 25.1. The van der Waals surface area contributed by atoms with Crippen LogP contribution in [0.4, 0.5) is 5.69 Å². The smallest absolute Gasteiger partial charge is 0.230 e. The molecular weight excluding hydrogens is 581 g/mol. The Morgan fingerprint density at radius 1 is 0.977 bits per heavy atom. The summed E-state index contributed by atoms with van der Waals surface area (Å²) in [5.41, 5.74) is 3.07. The summed E-state index contributed by atoms with van der Waals surface area (Å²) in [7, 11) is -1.90. The van der Waals surface area contributed by atoms with Gasteiger partial charge in [0.15, 0.2) is 9.84 Å². The number of hydrogen-bond donors (Lipinski definition) is 1. The first kappa shape index (κ1) is 30.3. The quantitative estimate of drug-likeness (QED) is 0.277. The maximum absolute atomic E-state index is 14.1. The van der Waals surface area contributed by atoms with E-state index in [0.29, 0.717) is 37.0 Å². The highest BCUT2D eigenvalue weighted by molar-refractivity contribution is 7.90. The number of nitrogens with zero attached hydrogens (tertiary/aromatic N) is 2. The van der Waals surface area contributed by atoms with E-state index in [1.807, 2.05) is 23.2 Å². The van der Waals surface area contributed by atoms with E-state index in [4.69, 9.17) is 4.74 Å². The topological polar surface area (TPSA) is 96.8 Å². The summed E-state index contributed by atoms with van der Waals surface area (Å²) in [5.74, 6) is 1.74. The summed E-state index contributed by atoms with van der Waals surface area (Å²) in [6.45, 7) is 0.668. The van der Waals surface area contributed by atoms with Gasteiger partial charge >= 0.3 is 0 Å². The predicted molar refractivity (Wildman–Crippen MR) is 171 cm³/mol. The van der Waals surface area contributed by atoms with Crippen LogP contribution in [-0.2, 0) is 14.6 Å². The third-order valence-corrected chi connectivity index (χ3v) is 11.9. The van der Waals surface area contributed by atoms with E-state index in [1.165, 1.54) is 31.2 Å². The molecule has 0 aliphatic heterocycles. The first-order valence-corrected chi connectivity index (χ1v) is 18.3. The van der Waals surface area contributed by atoms with Crippen LogP contribution in [0.25, 0.3) is 10.4 Å². The molecule has 0 unspecified atom stereocenters. The number of methoxy groups -OCH3 is 1. The van der Waals surface area contributed by atoms with Crippen LogP contribution in [0.3, 0.4) is 0 Å². The molecule has 0 atom stereocenters. The minimum atomic E-state index is -3.40. The molecule has 1 aromatic heterocycles. The second-order valence-corrected chi connectivity index (χ2v) is 15.8. The van der Waals surface area contributed by atoms with Crippen molar-refractivity contribution in [1.29, 1.82) is 0 Å². The fourth-order valence-electron chi connectivity index (χ4n) is 6.81. The van der Waals surface area contributed by atoms with Gasteiger partial charge in [-0.1, -0.05) is 18.2 Å². The van der Waals surface area contributed by atoms with Crippen LogP contribution in [0.1, 0.15) is 86.6 Å². The van der Waals surface area contributed by atoms with E-state index in [2.05, 4.69) is 23.2 Å². The van der Waals surface area contributed by atoms with E-state index in [0.717, 1.165) is 60.2 Å². The molecule has 9 heteroatoms. The van der Waals surface area contributed by atoms with Crippen molar-refractivity contribution in [1.82, 2.24) is 4.98 Å². The normalized spacial score (nSPS) is 24.4. The van der Waals surface area contributed by atoms with Gasteiger partial charge in [-0.05, 0) is 111 Å². The van der Waals surface area contributed by atoms with Crippen molar-refractivity contribution in [2.24, 2.45) is 11.8 Å². The number of aliphatic hydroxyl groups excluding tert-OH is 1. The van der Waals surface area contributed by atoms with Gasteiger partial charge in [-0.25, -0.2) is 13.4 Å². The lowest BCUT2D eigenvalue weighted by atomic mass is 9.78. The van der Waals surface area contributed by atoms with Gasteiger partial charge in [0.05, 0.1) is 23.1 Å². The number of rotatable bonds is 9. The SMILES string of the molecule is COc1ccc([C@H]2CC[C@H](CN(c3cccc(-c4cnc(C5CC5)s4)c3)C(=O)[C@H]3CC[C@H](O)CC3)CC2)cc1S(C)(=O)=O. The lowest BCUT2D eigenvalue weighted by Gasteiger charge is -2.36. The van der Waals surface area contributed by atoms with E-state index in [1.54, 1.807) is 23.5 Å². The number of hydrogen-bond acceptors (Lipinski definition) is 7. The Kier molecular flexibility index (Phi) is 8.94. The largest absolute Gasteiger partial charge is 0.495 e. The van der Waals surface area contributed by atoms with Gasteiger partial charge in [0.25, 0.3) is 0 Å². The maximum atomic E-state index is 14.1. The molecule has 1 amide bonds. The van der Waals surface area contributed by atoms with Gasteiger partial charge in [0.2, 0.25) is 5.91 Å². The van der Waals surface area contributed by atoms with Crippen LogP contribution >= 0.6 is 11.3 Å². The highest BCUT2D eigenvalue weighted by atomic mass is 32.2. The number of aromatic nitrogens is 1. The molecule has 3 aliphatic carbocycles. The van der Waals surface area contributed by atoms with Crippen LogP contribution in [0.15, 0.2) is 53.6 Å². The van der Waals surface area contributed by atoms with Crippen molar-refractivity contribution in [3.8, 4) is 16.2 Å². The molecule has 0 spiro atoms. The number of carbonyl (C=O) groups excluding carboxylic acids is 1. The fraction of sp³-hybridized carbons (Fsp3) is 0.529. The average molecular weight is 623 g/mol. The predicted octanol–water partition coefficient (Wildman–Crippen LogP) is 6.96. The van der Waals surface area contributed by atoms with Crippen LogP contribution in [0, 0.1) is 11.8 Å². The first-order chi connectivity index (χ1) is 20.7. The Morgan fingerprint density at radius 2 is 1.70 bits per heavy atom. The van der Waals surface area contributed by atoms with Crippen LogP contribution in [0.5, 0.6) is 5.75 Å². The summed E-state index contributed by atoms with van der Waals surface area (Å²) in [4.78, 5) is 22.2. The Labute approximate surface area is 259 Å². The van der Waals surface area contributed by atoms with Crippen molar-refractivity contribution in [3.63, 3.8) is 0 Å². The van der Waals surface area contributed by atoms with Crippen LogP contribution in [0.2, 0.25) is 0 Å². The fourth-order valence-corrected chi connectivity index (χ4v) is 8.76. The summed E-state index contributed by atoms with van der Waals surface area (Å²) in [6.07, 6.45) is 12.0. The van der Waals surface area contributed by atoms with Crippen molar-refractivity contribution in [2.45, 2.75) is 87.0 Å². The number of sulfone groups is 1. The molecule has 3 aromatic rings. The van der Waals surface area contributed by atoms with Gasteiger partial charge in [-0.15, -0.1) is 11.3 Å². The van der Waals surface area contributed by atoms with E-state index >= 15 is 0 Å². The van der Waals surface area contributed by atoms with Crippen molar-refractivity contribution >= 4 is 32.8 Å². The monoisotopic (exact) mass is 622 g/mol. The van der Waals surface area contributed by atoms with Gasteiger partial charge in [0, 0.05) is 36.5 Å². The molecule has 3 fully saturated rings. The minimum absolute atomic E-state index is 0.0676. The third kappa shape index (κ3) is 6.99. The standard InChI is InChI=1S/C34H42N2O5S2/c1-41-30-17-14-26(19-32(30)43(2,39)40)23-8-6-22(7-9-23)21-36(34(38)25-12-15-29(37)16-13-25)28-5-3-4-27(18-28)31-20-35-33(42-31)24-10-11-24/h3-5,14,17-20,22-25,29,37H,6-13,15-16,21H2,1-2H3/t22-,23-,25-,29-. The molecule has 0 radical (unpaired) electrons. The molecule has 7 nitrogen and oxygen atoms in total. The second-order valence-electron chi connectivity index (χ2n) is 12.7. The highest BCUT2D eigenvalue weighted by Crippen LogP contribution is 2.44. The minimum Gasteiger partial charge on any atom is -0.495 e. The number of aliphatic hydroxyl groups is 1. The van der Waals surface area contributed by atoms with E-state index in [-0.39, 0.29) is 28.7 Å². The summed E-state index contributed by atoms with van der Waals surface area (Å²) >= 11 is 1.76. The molecule has 3 saturated carbocycles. The maximum Gasteiger partial charge on any atom is 0.230 e. The molecule has 6 rings (SSSR count). The summed E-state index contributed by atoms with van der Waals surface area (Å²) < 4.78 is 30.1. The van der Waals surface area contributed by atoms with Crippen LogP contribution in [-0.4, -0.2) is 50.4 Å². The highest BCUT2D eigenvalue weighted by Gasteiger charge is 2.33. The van der Waals surface area contributed by atoms with Crippen LogP contribution < -0.4 is 9.64 Å². The van der Waals surface area contributed by atoms with Crippen molar-refractivity contribution in [3.05, 3.63) is 59.2 Å². The lowest BCUT2D eigenvalue weighted by Crippen LogP contribution is -2.41. The van der Waals surface area contributed by atoms with E-state index < -0.39 is 9.84 Å². The average Bonchev–Trinajstić information content (AvgIpc) is 3.75. The molecule has 1 heterocycles. The molecule has 230 valence electrons. The number of amides is 1. The number of benzene rings is 2. The molecule has 2 aromatic carbocycles. The van der Waals surface area contributed by atoms with Gasteiger partial charge < -0.3 is 14.7 Å². The Hall–Kier alpha value is -2.75. The second kappa shape index (κ2) is 12.7. The molecule has 3 aliphatic rings. The van der Waals surface area contributed by atoms with Gasteiger partial charge in [-0.3, -0.25) is 4.79 Å². The van der Waals surface area contributed by atoms with Crippen molar-refractivity contribution < 1.29 is 23.1 Å². The molecule has 0 bridgehead atoms. The number of thiazole rings is 1. The number of anilines is 1. The van der Waals surface area contributed by atoms with Gasteiger partial charge in [-0.2, -0.15) is 0 Å². The first-order valence-electron chi connectivity index (χ1n) is 15.6. The zero-order valence-corrected chi connectivity index (χ0v) is 26.7. The van der Waals surface area contributed by atoms with E-state index in [9.17, 15) is 18.3 Å². The molecular formula is C34H42N2O5S2.